The lowest BCUT2D eigenvalue weighted by molar-refractivity contribution is -0.119. The van der Waals surface area contributed by atoms with E-state index < -0.39 is 0 Å². The van der Waals surface area contributed by atoms with Gasteiger partial charge in [0.1, 0.15) is 12.6 Å². The highest BCUT2D eigenvalue weighted by Crippen LogP contribution is 2.39. The van der Waals surface area contributed by atoms with Gasteiger partial charge in [0.15, 0.2) is 5.75 Å². The number of halogens is 1. The number of para-hydroxylation sites is 1. The fourth-order valence-corrected chi connectivity index (χ4v) is 3.32. The van der Waals surface area contributed by atoms with Crippen LogP contribution in [-0.4, -0.2) is 28.3 Å². The molecule has 7 heteroatoms. The number of amides is 1. The molecule has 1 amide bonds. The van der Waals surface area contributed by atoms with Crippen molar-refractivity contribution < 1.29 is 9.53 Å². The Morgan fingerprint density at radius 3 is 2.92 bits per heavy atom. The largest absolute Gasteiger partial charge is 0.485 e. The number of fused-ring (bicyclic) bond motifs is 2. The van der Waals surface area contributed by atoms with Gasteiger partial charge >= 0.3 is 0 Å². The van der Waals surface area contributed by atoms with Crippen LogP contribution in [-0.2, 0) is 11.3 Å². The molecule has 0 bridgehead atoms. The van der Waals surface area contributed by atoms with E-state index in [0.717, 1.165) is 5.39 Å². The Morgan fingerprint density at radius 2 is 2.08 bits per heavy atom. The van der Waals surface area contributed by atoms with Crippen molar-refractivity contribution in [1.29, 1.82) is 0 Å². The number of carbonyl (C=O) groups excluding carboxylic acids is 1. The van der Waals surface area contributed by atoms with Crippen molar-refractivity contribution in [2.24, 2.45) is 0 Å². The highest BCUT2D eigenvalue weighted by Gasteiger charge is 2.29. The summed E-state index contributed by atoms with van der Waals surface area (Å²) < 4.78 is 6.95. The van der Waals surface area contributed by atoms with E-state index >= 15 is 0 Å². The summed E-state index contributed by atoms with van der Waals surface area (Å²) in [6.07, 6.45) is 1.39. The minimum atomic E-state index is -0.288. The molecule has 0 saturated heterocycles. The van der Waals surface area contributed by atoms with Crippen molar-refractivity contribution in [3.05, 3.63) is 64.0 Å². The van der Waals surface area contributed by atoms with Crippen LogP contribution in [0.2, 0.25) is 5.02 Å². The molecule has 1 unspecified atom stereocenters. The summed E-state index contributed by atoms with van der Waals surface area (Å²) >= 11 is 6.20. The number of ether oxygens (including phenoxy) is 1. The van der Waals surface area contributed by atoms with Gasteiger partial charge in [-0.25, -0.2) is 4.68 Å². The second-order valence-corrected chi connectivity index (χ2v) is 6.62. The van der Waals surface area contributed by atoms with E-state index in [0.29, 0.717) is 28.4 Å². The second kappa shape index (κ2) is 6.46. The van der Waals surface area contributed by atoms with Crippen LogP contribution in [0.5, 0.6) is 5.75 Å². The normalized spacial score (nSPS) is 16.2. The number of benzene rings is 2. The number of hydrogen-bond acceptors (Lipinski definition) is 4. The molecular weight excluding hydrogens is 354 g/mol. The number of aromatic nitrogens is 2. The van der Waals surface area contributed by atoms with Crippen LogP contribution in [0.15, 0.2) is 53.5 Å². The molecule has 26 heavy (non-hydrogen) atoms. The predicted molar refractivity (Wildman–Crippen MR) is 99.9 cm³/mol. The first-order chi connectivity index (χ1) is 12.5. The standard InChI is InChI=1S/C19H16ClN3O3/c1-12-10-22(16-8-4-7-15(20)18(16)26-12)17(24)11-23-19(25)14-6-3-2-5-13(14)9-21-23/h2-9,12H,10-11H2,1H3. The molecule has 1 aromatic heterocycles. The van der Waals surface area contributed by atoms with E-state index in [1.807, 2.05) is 19.1 Å². The zero-order chi connectivity index (χ0) is 18.3. The average molecular weight is 370 g/mol. The number of carbonyl (C=O) groups is 1. The molecule has 1 aliphatic rings. The van der Waals surface area contributed by atoms with E-state index in [2.05, 4.69) is 5.10 Å². The van der Waals surface area contributed by atoms with E-state index in [9.17, 15) is 9.59 Å². The van der Waals surface area contributed by atoms with Gasteiger partial charge in [-0.2, -0.15) is 5.10 Å². The van der Waals surface area contributed by atoms with Crippen LogP contribution < -0.4 is 15.2 Å². The van der Waals surface area contributed by atoms with Gasteiger partial charge in [0.2, 0.25) is 5.91 Å². The predicted octanol–water partition coefficient (Wildman–Crippen LogP) is 2.86. The Labute approximate surface area is 154 Å². The van der Waals surface area contributed by atoms with Gasteiger partial charge in [0, 0.05) is 5.39 Å². The van der Waals surface area contributed by atoms with Crippen LogP contribution in [0.4, 0.5) is 5.69 Å². The van der Waals surface area contributed by atoms with Crippen molar-refractivity contribution in [2.45, 2.75) is 19.6 Å². The molecule has 0 saturated carbocycles. The maximum absolute atomic E-state index is 12.9. The van der Waals surface area contributed by atoms with Crippen LogP contribution in [0, 0.1) is 0 Å². The zero-order valence-corrected chi connectivity index (χ0v) is 14.8. The Kier molecular flexibility index (Phi) is 4.12. The van der Waals surface area contributed by atoms with Crippen molar-refractivity contribution in [1.82, 2.24) is 9.78 Å². The van der Waals surface area contributed by atoms with Gasteiger partial charge in [-0.05, 0) is 25.1 Å². The Morgan fingerprint density at radius 1 is 1.27 bits per heavy atom. The van der Waals surface area contributed by atoms with Crippen molar-refractivity contribution in [3.63, 3.8) is 0 Å². The molecule has 0 fully saturated rings. The molecule has 6 nitrogen and oxygen atoms in total. The molecule has 0 N–H and O–H groups in total. The van der Waals surface area contributed by atoms with E-state index in [1.54, 1.807) is 41.4 Å². The highest BCUT2D eigenvalue weighted by atomic mass is 35.5. The van der Waals surface area contributed by atoms with Crippen LogP contribution in [0.3, 0.4) is 0 Å². The first-order valence-corrected chi connectivity index (χ1v) is 8.63. The van der Waals surface area contributed by atoms with Gasteiger partial charge in [-0.1, -0.05) is 35.9 Å². The molecule has 2 aromatic carbocycles. The summed E-state index contributed by atoms with van der Waals surface area (Å²) in [6, 6.07) is 12.4. The third kappa shape index (κ3) is 2.82. The summed E-state index contributed by atoms with van der Waals surface area (Å²) in [5.74, 6) is 0.244. The van der Waals surface area contributed by atoms with Crippen molar-refractivity contribution >= 4 is 34.0 Å². The first kappa shape index (κ1) is 16.6. The van der Waals surface area contributed by atoms with E-state index in [1.165, 1.54) is 4.68 Å². The quantitative estimate of drug-likeness (QED) is 0.696. The minimum absolute atomic E-state index is 0.150. The summed E-state index contributed by atoms with van der Waals surface area (Å²) in [7, 11) is 0. The fraction of sp³-hybridized carbons (Fsp3) is 0.211. The average Bonchev–Trinajstić information content (AvgIpc) is 2.64. The summed E-state index contributed by atoms with van der Waals surface area (Å²) in [5, 5.41) is 5.87. The monoisotopic (exact) mass is 369 g/mol. The molecule has 1 atom stereocenters. The maximum atomic E-state index is 12.9. The Hall–Kier alpha value is -2.86. The summed E-state index contributed by atoms with van der Waals surface area (Å²) in [4.78, 5) is 27.1. The minimum Gasteiger partial charge on any atom is -0.485 e. The molecule has 0 radical (unpaired) electrons. The topological polar surface area (TPSA) is 64.4 Å². The Bertz CT molecular complexity index is 1060. The van der Waals surface area contributed by atoms with E-state index in [-0.39, 0.29) is 24.1 Å². The van der Waals surface area contributed by atoms with Gasteiger partial charge in [0.05, 0.1) is 28.8 Å². The molecule has 2 heterocycles. The van der Waals surface area contributed by atoms with E-state index in [4.69, 9.17) is 16.3 Å². The third-order valence-electron chi connectivity index (χ3n) is 4.34. The van der Waals surface area contributed by atoms with Crippen LogP contribution in [0.25, 0.3) is 10.8 Å². The molecule has 0 aliphatic carbocycles. The van der Waals surface area contributed by atoms with Gasteiger partial charge < -0.3 is 9.64 Å². The van der Waals surface area contributed by atoms with Gasteiger partial charge in [0.25, 0.3) is 5.56 Å². The molecular formula is C19H16ClN3O3. The molecule has 4 rings (SSSR count). The number of hydrogen-bond donors (Lipinski definition) is 0. The summed E-state index contributed by atoms with van der Waals surface area (Å²) in [5.41, 5.74) is 0.318. The number of nitrogens with zero attached hydrogens (tertiary/aromatic N) is 3. The summed E-state index contributed by atoms with van der Waals surface area (Å²) in [6.45, 7) is 2.10. The molecule has 3 aromatic rings. The molecule has 0 spiro atoms. The lowest BCUT2D eigenvalue weighted by atomic mass is 10.2. The molecule has 1 aliphatic heterocycles. The third-order valence-corrected chi connectivity index (χ3v) is 4.64. The zero-order valence-electron chi connectivity index (χ0n) is 14.1. The molecule has 132 valence electrons. The first-order valence-electron chi connectivity index (χ1n) is 8.25. The van der Waals surface area contributed by atoms with Crippen LogP contribution in [0.1, 0.15) is 6.92 Å². The number of anilines is 1. The maximum Gasteiger partial charge on any atom is 0.275 e. The SMILES string of the molecule is CC1CN(C(=O)Cn2ncc3ccccc3c2=O)c2cccc(Cl)c2O1. The number of rotatable bonds is 2. The van der Waals surface area contributed by atoms with Crippen LogP contribution >= 0.6 is 11.6 Å². The van der Waals surface area contributed by atoms with Crippen molar-refractivity contribution in [3.8, 4) is 5.75 Å². The lowest BCUT2D eigenvalue weighted by Crippen LogP contribution is -2.45. The lowest BCUT2D eigenvalue weighted by Gasteiger charge is -2.33. The highest BCUT2D eigenvalue weighted by molar-refractivity contribution is 6.32. The fourth-order valence-electron chi connectivity index (χ4n) is 3.11. The van der Waals surface area contributed by atoms with Crippen molar-refractivity contribution in [2.75, 3.05) is 11.4 Å². The second-order valence-electron chi connectivity index (χ2n) is 6.22. The van der Waals surface area contributed by atoms with Gasteiger partial charge in [-0.3, -0.25) is 9.59 Å². The smallest absolute Gasteiger partial charge is 0.275 e. The Balaban J connectivity index is 1.69. The van der Waals surface area contributed by atoms with Gasteiger partial charge in [-0.15, -0.1) is 0 Å².